The van der Waals surface area contributed by atoms with Crippen molar-refractivity contribution in [3.05, 3.63) is 0 Å². The summed E-state index contributed by atoms with van der Waals surface area (Å²) in [6.07, 6.45) is 13.3. The number of nitrogens with zero attached hydrogens (tertiary/aromatic N) is 1. The molecule has 2 atom stereocenters. The van der Waals surface area contributed by atoms with Crippen LogP contribution < -0.4 is 5.73 Å². The molecule has 0 aromatic rings. The van der Waals surface area contributed by atoms with E-state index in [-0.39, 0.29) is 12.8 Å². The fourth-order valence-electron chi connectivity index (χ4n) is 3.29. The van der Waals surface area contributed by atoms with E-state index in [0.29, 0.717) is 5.75 Å². The highest BCUT2D eigenvalue weighted by Gasteiger charge is 2.39. The van der Waals surface area contributed by atoms with E-state index in [1.807, 2.05) is 0 Å². The Labute approximate surface area is 203 Å². The molecule has 0 fully saturated rings. The predicted molar refractivity (Wildman–Crippen MR) is 137 cm³/mol. The molecule has 0 rings (SSSR count). The van der Waals surface area contributed by atoms with Crippen molar-refractivity contribution in [1.82, 2.24) is 0 Å². The molecule has 0 saturated carbocycles. The van der Waals surface area contributed by atoms with Crippen LogP contribution in [0.1, 0.15) is 90.9 Å². The predicted octanol–water partition coefficient (Wildman–Crippen LogP) is 6.24. The Morgan fingerprint density at radius 1 is 1.06 bits per heavy atom. The number of carbonyl (C=O) groups is 2. The van der Waals surface area contributed by atoms with Gasteiger partial charge in [0.25, 0.3) is 0 Å². The summed E-state index contributed by atoms with van der Waals surface area (Å²) in [6.45, 7) is 3.92. The molecule has 0 heterocycles. The van der Waals surface area contributed by atoms with Crippen molar-refractivity contribution in [3.8, 4) is 6.07 Å². The first kappa shape index (κ1) is 30.2. The largest absolute Gasteiger partial charge is 0.469 e. The van der Waals surface area contributed by atoms with Gasteiger partial charge in [-0.1, -0.05) is 76.9 Å². The van der Waals surface area contributed by atoms with Crippen LogP contribution in [0.15, 0.2) is 0 Å². The summed E-state index contributed by atoms with van der Waals surface area (Å²) in [4.78, 5) is 23.4. The molecule has 0 aliphatic heterocycles. The third-order valence-corrected chi connectivity index (χ3v) is 8.41. The van der Waals surface area contributed by atoms with E-state index < -0.39 is 23.2 Å². The van der Waals surface area contributed by atoms with E-state index in [0.717, 1.165) is 15.7 Å². The number of esters is 1. The second-order valence-electron chi connectivity index (χ2n) is 8.15. The molecule has 0 radical (unpaired) electrons. The van der Waals surface area contributed by atoms with Gasteiger partial charge in [-0.2, -0.15) is 5.26 Å². The van der Waals surface area contributed by atoms with Gasteiger partial charge in [-0.15, -0.1) is 23.5 Å². The molecule has 0 bridgehead atoms. The quantitative estimate of drug-likeness (QED) is 0.139. The van der Waals surface area contributed by atoms with Crippen molar-refractivity contribution < 1.29 is 14.3 Å². The molecule has 8 heteroatoms. The third kappa shape index (κ3) is 14.8. The van der Waals surface area contributed by atoms with Gasteiger partial charge in [0.1, 0.15) is 3.53 Å². The highest BCUT2D eigenvalue weighted by atomic mass is 32.2. The van der Waals surface area contributed by atoms with Gasteiger partial charge in [0.05, 0.1) is 24.5 Å². The molecule has 178 valence electrons. The van der Waals surface area contributed by atoms with E-state index in [1.54, 1.807) is 18.7 Å². The van der Waals surface area contributed by atoms with Gasteiger partial charge in [-0.3, -0.25) is 9.59 Å². The number of hydrogen-bond acceptors (Lipinski definition) is 7. The third-order valence-electron chi connectivity index (χ3n) is 5.53. The summed E-state index contributed by atoms with van der Waals surface area (Å²) >= 11 is 8.47. The summed E-state index contributed by atoms with van der Waals surface area (Å²) in [5, 5.41) is 9.61. The summed E-state index contributed by atoms with van der Waals surface area (Å²) in [6, 6.07) is 2.18. The topological polar surface area (TPSA) is 93.2 Å². The molecule has 1 amide bonds. The molecular weight excluding hydrogens is 448 g/mol. The molecule has 5 nitrogen and oxygen atoms in total. The van der Waals surface area contributed by atoms with Gasteiger partial charge >= 0.3 is 5.97 Å². The number of primary amides is 1. The Morgan fingerprint density at radius 3 is 2.10 bits per heavy atom. The maximum Gasteiger partial charge on any atom is 0.305 e. The van der Waals surface area contributed by atoms with Crippen molar-refractivity contribution in [2.45, 2.75) is 90.9 Å². The average molecular weight is 489 g/mol. The van der Waals surface area contributed by atoms with E-state index >= 15 is 0 Å². The van der Waals surface area contributed by atoms with E-state index in [9.17, 15) is 14.9 Å². The first-order chi connectivity index (χ1) is 14.8. The summed E-state index contributed by atoms with van der Waals surface area (Å²) in [5.41, 5.74) is 4.54. The fraction of sp³-hybridized carbons (Fsp3) is 0.826. The number of unbranched alkanes of at least 4 members (excludes halogenated alkanes) is 9. The van der Waals surface area contributed by atoms with Crippen LogP contribution in [-0.2, 0) is 14.3 Å². The minimum atomic E-state index is -1.02. The normalized spacial score (nSPS) is 13.7. The fourth-order valence-corrected chi connectivity index (χ4v) is 5.88. The summed E-state index contributed by atoms with van der Waals surface area (Å²) < 4.78 is 5.41. The number of nitriles is 1. The number of thioether (sulfide) groups is 2. The molecule has 0 aromatic heterocycles. The number of ether oxygens (including phenoxy) is 1. The number of nitrogens with two attached hydrogens (primary N) is 1. The van der Waals surface area contributed by atoms with Gasteiger partial charge < -0.3 is 10.5 Å². The monoisotopic (exact) mass is 488 g/mol. The van der Waals surface area contributed by atoms with Crippen LogP contribution >= 0.6 is 35.7 Å². The zero-order valence-corrected chi connectivity index (χ0v) is 21.9. The number of carbonyl (C=O) groups excluding carboxylic acids is 2. The number of thiocarbonyl (C=S) groups is 1. The molecule has 0 aliphatic rings. The maximum absolute atomic E-state index is 12.0. The number of rotatable bonds is 18. The molecule has 0 aromatic carbocycles. The van der Waals surface area contributed by atoms with Crippen LogP contribution in [0.25, 0.3) is 0 Å². The van der Waals surface area contributed by atoms with E-state index in [2.05, 4.69) is 17.7 Å². The van der Waals surface area contributed by atoms with Crippen molar-refractivity contribution in [2.75, 3.05) is 18.6 Å². The van der Waals surface area contributed by atoms with Gasteiger partial charge in [0, 0.05) is 12.2 Å². The lowest BCUT2D eigenvalue weighted by atomic mass is 9.75. The van der Waals surface area contributed by atoms with E-state index in [1.165, 1.54) is 76.7 Å². The first-order valence-corrected chi connectivity index (χ1v) is 13.8. The number of amides is 1. The smallest absolute Gasteiger partial charge is 0.305 e. The van der Waals surface area contributed by atoms with Crippen LogP contribution in [0.5, 0.6) is 0 Å². The molecular formula is C23H40N2O3S3. The molecule has 31 heavy (non-hydrogen) atoms. The van der Waals surface area contributed by atoms with Gasteiger partial charge in [0.2, 0.25) is 5.91 Å². The van der Waals surface area contributed by atoms with Crippen molar-refractivity contribution >= 4 is 51.1 Å². The van der Waals surface area contributed by atoms with Gasteiger partial charge in [0.15, 0.2) is 0 Å². The zero-order valence-electron chi connectivity index (χ0n) is 19.5. The second-order valence-corrected chi connectivity index (χ2v) is 11.5. The highest BCUT2D eigenvalue weighted by Crippen LogP contribution is 2.35. The lowest BCUT2D eigenvalue weighted by Gasteiger charge is -2.28. The highest BCUT2D eigenvalue weighted by molar-refractivity contribution is 8.47. The summed E-state index contributed by atoms with van der Waals surface area (Å²) in [7, 11) is 1.30. The number of hydrogen-bond donors (Lipinski definition) is 1. The molecule has 0 aliphatic carbocycles. The van der Waals surface area contributed by atoms with Crippen molar-refractivity contribution in [2.24, 2.45) is 17.1 Å². The standard InChI is InChI=1S/C23H40N2O3S3/c1-4-5-6-7-8-9-10-11-12-13-16-30-22(29)31-17-19(21(25)27)23(2,18-24)15-14-20(26)28-3/h19H,4-17H2,1-3H3,(H2,25,27). The molecule has 2 unspecified atom stereocenters. The lowest BCUT2D eigenvalue weighted by molar-refractivity contribution is -0.141. The average Bonchev–Trinajstić information content (AvgIpc) is 2.75. The minimum Gasteiger partial charge on any atom is -0.469 e. The van der Waals surface area contributed by atoms with Crippen molar-refractivity contribution in [3.63, 3.8) is 0 Å². The Balaban J connectivity index is 4.11. The van der Waals surface area contributed by atoms with Gasteiger partial charge in [-0.05, 0) is 25.5 Å². The van der Waals surface area contributed by atoms with Crippen LogP contribution in [-0.4, -0.2) is 34.0 Å². The van der Waals surface area contributed by atoms with E-state index in [4.69, 9.17) is 18.0 Å². The van der Waals surface area contributed by atoms with Crippen LogP contribution in [0, 0.1) is 22.7 Å². The Kier molecular flexibility index (Phi) is 18.3. The Morgan fingerprint density at radius 2 is 1.61 bits per heavy atom. The second kappa shape index (κ2) is 18.8. The zero-order chi connectivity index (χ0) is 23.5. The number of methoxy groups -OCH3 is 1. The first-order valence-electron chi connectivity index (χ1n) is 11.4. The van der Waals surface area contributed by atoms with Gasteiger partial charge in [-0.25, -0.2) is 0 Å². The van der Waals surface area contributed by atoms with Crippen LogP contribution in [0.2, 0.25) is 0 Å². The van der Waals surface area contributed by atoms with Crippen LogP contribution in [0.3, 0.4) is 0 Å². The summed E-state index contributed by atoms with van der Waals surface area (Å²) in [5.74, 6) is -0.293. The Bertz CT molecular complexity index is 581. The van der Waals surface area contributed by atoms with Crippen molar-refractivity contribution in [1.29, 1.82) is 5.26 Å². The Hall–Kier alpha value is -0.780. The SMILES string of the molecule is CCCCCCCCCCCCSC(=S)SCC(C(N)=O)C(C)(C#N)CCC(=O)OC. The molecule has 0 spiro atoms. The van der Waals surface area contributed by atoms with Crippen LogP contribution in [0.4, 0.5) is 0 Å². The lowest BCUT2D eigenvalue weighted by Crippen LogP contribution is -2.39. The molecule has 0 saturated heterocycles. The maximum atomic E-state index is 12.0. The molecule has 2 N–H and O–H groups in total. The minimum absolute atomic E-state index is 0.0763.